The summed E-state index contributed by atoms with van der Waals surface area (Å²) in [5, 5.41) is 0. The number of fused-ring (bicyclic) bond motifs is 1. The summed E-state index contributed by atoms with van der Waals surface area (Å²) in [4.78, 5) is 43.9. The zero-order valence-electron chi connectivity index (χ0n) is 18.1. The van der Waals surface area contributed by atoms with E-state index in [9.17, 15) is 14.4 Å². The maximum atomic E-state index is 13.4. The van der Waals surface area contributed by atoms with Crippen molar-refractivity contribution in [3.63, 3.8) is 0 Å². The molecule has 0 fully saturated rings. The standard InChI is InChI=1S/C24H29N3O3/c1-5-25(6-2)14-15-26(22-17(3)10-9-11-18(22)4)21(28)16-27-23(29)19-12-7-8-13-20(19)24(27)30/h7-13H,5-6,14-16H2,1-4H3. The molecule has 30 heavy (non-hydrogen) atoms. The molecule has 6 nitrogen and oxygen atoms in total. The molecule has 0 N–H and O–H groups in total. The number of amides is 3. The number of imide groups is 1. The van der Waals surface area contributed by atoms with Gasteiger partial charge >= 0.3 is 0 Å². The van der Waals surface area contributed by atoms with Crippen molar-refractivity contribution in [1.29, 1.82) is 0 Å². The molecule has 0 aliphatic carbocycles. The van der Waals surface area contributed by atoms with Gasteiger partial charge in [-0.3, -0.25) is 19.3 Å². The van der Waals surface area contributed by atoms with Gasteiger partial charge in [-0.1, -0.05) is 44.2 Å². The van der Waals surface area contributed by atoms with E-state index in [0.717, 1.165) is 34.8 Å². The smallest absolute Gasteiger partial charge is 0.262 e. The van der Waals surface area contributed by atoms with E-state index in [4.69, 9.17) is 0 Å². The third-order valence-electron chi connectivity index (χ3n) is 5.72. The third kappa shape index (κ3) is 4.14. The summed E-state index contributed by atoms with van der Waals surface area (Å²) in [6.07, 6.45) is 0. The average molecular weight is 408 g/mol. The van der Waals surface area contributed by atoms with Gasteiger partial charge in [0.05, 0.1) is 11.1 Å². The number of carbonyl (C=O) groups is 3. The van der Waals surface area contributed by atoms with Crippen molar-refractivity contribution in [1.82, 2.24) is 9.80 Å². The maximum Gasteiger partial charge on any atom is 0.262 e. The Bertz CT molecular complexity index is 911. The molecule has 0 saturated carbocycles. The van der Waals surface area contributed by atoms with Crippen molar-refractivity contribution >= 4 is 23.4 Å². The highest BCUT2D eigenvalue weighted by Crippen LogP contribution is 2.27. The van der Waals surface area contributed by atoms with Crippen LogP contribution in [0.5, 0.6) is 0 Å². The van der Waals surface area contributed by atoms with E-state index < -0.39 is 11.8 Å². The van der Waals surface area contributed by atoms with Gasteiger partial charge in [-0.2, -0.15) is 0 Å². The summed E-state index contributed by atoms with van der Waals surface area (Å²) >= 11 is 0. The van der Waals surface area contributed by atoms with Crippen molar-refractivity contribution in [2.24, 2.45) is 0 Å². The molecule has 0 spiro atoms. The molecule has 0 bridgehead atoms. The molecule has 158 valence electrons. The first kappa shape index (κ1) is 21.7. The summed E-state index contributed by atoms with van der Waals surface area (Å²) in [7, 11) is 0. The zero-order chi connectivity index (χ0) is 21.8. The summed E-state index contributed by atoms with van der Waals surface area (Å²) < 4.78 is 0. The van der Waals surface area contributed by atoms with Crippen molar-refractivity contribution in [3.8, 4) is 0 Å². The van der Waals surface area contributed by atoms with E-state index in [1.165, 1.54) is 0 Å². The highest BCUT2D eigenvalue weighted by molar-refractivity contribution is 6.22. The molecular formula is C24H29N3O3. The normalized spacial score (nSPS) is 13.2. The minimum Gasteiger partial charge on any atom is -0.309 e. The van der Waals surface area contributed by atoms with Crippen LogP contribution >= 0.6 is 0 Å². The van der Waals surface area contributed by atoms with Gasteiger partial charge in [0.2, 0.25) is 5.91 Å². The highest BCUT2D eigenvalue weighted by atomic mass is 16.2. The van der Waals surface area contributed by atoms with Crippen LogP contribution in [0.2, 0.25) is 0 Å². The lowest BCUT2D eigenvalue weighted by atomic mass is 10.1. The molecule has 0 radical (unpaired) electrons. The van der Waals surface area contributed by atoms with Crippen LogP contribution in [0, 0.1) is 13.8 Å². The average Bonchev–Trinajstić information content (AvgIpc) is 2.98. The molecule has 1 aliphatic rings. The van der Waals surface area contributed by atoms with Crippen molar-refractivity contribution in [2.75, 3.05) is 37.6 Å². The van der Waals surface area contributed by atoms with E-state index in [-0.39, 0.29) is 12.5 Å². The van der Waals surface area contributed by atoms with Gasteiger partial charge in [0.15, 0.2) is 0 Å². The van der Waals surface area contributed by atoms with Gasteiger partial charge < -0.3 is 9.80 Å². The Morgan fingerprint density at radius 1 is 0.833 bits per heavy atom. The highest BCUT2D eigenvalue weighted by Gasteiger charge is 2.37. The molecule has 0 unspecified atom stereocenters. The van der Waals surface area contributed by atoms with Gasteiger partial charge in [0.25, 0.3) is 11.8 Å². The van der Waals surface area contributed by atoms with Gasteiger partial charge in [-0.05, 0) is 50.2 Å². The first-order valence-electron chi connectivity index (χ1n) is 10.4. The zero-order valence-corrected chi connectivity index (χ0v) is 18.1. The van der Waals surface area contributed by atoms with Gasteiger partial charge in [-0.25, -0.2) is 0 Å². The topological polar surface area (TPSA) is 60.9 Å². The Kier molecular flexibility index (Phi) is 6.67. The predicted molar refractivity (Wildman–Crippen MR) is 118 cm³/mol. The second-order valence-corrected chi connectivity index (χ2v) is 7.55. The lowest BCUT2D eigenvalue weighted by Crippen LogP contribution is -2.46. The minimum atomic E-state index is -0.408. The number of likely N-dealkylation sites (N-methyl/N-ethyl adjacent to an activating group) is 1. The van der Waals surface area contributed by atoms with Crippen LogP contribution in [0.1, 0.15) is 45.7 Å². The lowest BCUT2D eigenvalue weighted by molar-refractivity contribution is -0.119. The van der Waals surface area contributed by atoms with E-state index in [1.807, 2.05) is 32.0 Å². The van der Waals surface area contributed by atoms with E-state index in [0.29, 0.717) is 24.2 Å². The Hall–Kier alpha value is -2.99. The first-order chi connectivity index (χ1) is 14.4. The number of hydrogen-bond donors (Lipinski definition) is 0. The van der Waals surface area contributed by atoms with Gasteiger partial charge in [0.1, 0.15) is 6.54 Å². The Balaban J connectivity index is 1.87. The summed E-state index contributed by atoms with van der Waals surface area (Å²) in [6.45, 7) is 10.9. The van der Waals surface area contributed by atoms with Gasteiger partial charge in [-0.15, -0.1) is 0 Å². The quantitative estimate of drug-likeness (QED) is 0.630. The fourth-order valence-electron chi connectivity index (χ4n) is 3.98. The monoisotopic (exact) mass is 407 g/mol. The van der Waals surface area contributed by atoms with Crippen molar-refractivity contribution in [3.05, 3.63) is 64.7 Å². The van der Waals surface area contributed by atoms with Crippen LogP contribution in [-0.2, 0) is 4.79 Å². The second-order valence-electron chi connectivity index (χ2n) is 7.55. The fourth-order valence-corrected chi connectivity index (χ4v) is 3.98. The van der Waals surface area contributed by atoms with Crippen molar-refractivity contribution in [2.45, 2.75) is 27.7 Å². The predicted octanol–water partition coefficient (Wildman–Crippen LogP) is 3.27. The molecule has 3 rings (SSSR count). The van der Waals surface area contributed by atoms with Crippen LogP contribution in [0.4, 0.5) is 5.69 Å². The number of nitrogens with zero attached hydrogens (tertiary/aromatic N) is 3. The molecule has 2 aromatic carbocycles. The van der Waals surface area contributed by atoms with Crippen LogP contribution in [-0.4, -0.2) is 60.2 Å². The van der Waals surface area contributed by atoms with E-state index in [2.05, 4.69) is 18.7 Å². The van der Waals surface area contributed by atoms with Gasteiger partial charge in [0, 0.05) is 18.8 Å². The Labute approximate surface area is 178 Å². The number of rotatable bonds is 8. The Morgan fingerprint density at radius 3 is 1.87 bits per heavy atom. The second kappa shape index (κ2) is 9.22. The molecule has 0 aromatic heterocycles. The molecule has 1 aliphatic heterocycles. The fraction of sp³-hybridized carbons (Fsp3) is 0.375. The van der Waals surface area contributed by atoms with Crippen LogP contribution in [0.3, 0.4) is 0 Å². The number of hydrogen-bond acceptors (Lipinski definition) is 4. The molecule has 6 heteroatoms. The largest absolute Gasteiger partial charge is 0.309 e. The molecule has 3 amide bonds. The Morgan fingerprint density at radius 2 is 1.37 bits per heavy atom. The van der Waals surface area contributed by atoms with Crippen LogP contribution < -0.4 is 4.90 Å². The number of para-hydroxylation sites is 1. The molecule has 0 atom stereocenters. The molecule has 2 aromatic rings. The minimum absolute atomic E-state index is 0.255. The number of anilines is 1. The van der Waals surface area contributed by atoms with Crippen molar-refractivity contribution < 1.29 is 14.4 Å². The van der Waals surface area contributed by atoms with Crippen LogP contribution in [0.25, 0.3) is 0 Å². The molecule has 1 heterocycles. The number of carbonyl (C=O) groups excluding carboxylic acids is 3. The van der Waals surface area contributed by atoms with E-state index >= 15 is 0 Å². The third-order valence-corrected chi connectivity index (χ3v) is 5.72. The number of aryl methyl sites for hydroxylation is 2. The maximum absolute atomic E-state index is 13.4. The lowest BCUT2D eigenvalue weighted by Gasteiger charge is -2.30. The summed E-state index contributed by atoms with van der Waals surface area (Å²) in [6, 6.07) is 12.6. The van der Waals surface area contributed by atoms with E-state index in [1.54, 1.807) is 29.2 Å². The molecule has 0 saturated heterocycles. The first-order valence-corrected chi connectivity index (χ1v) is 10.4. The number of benzene rings is 2. The van der Waals surface area contributed by atoms with Crippen LogP contribution in [0.15, 0.2) is 42.5 Å². The summed E-state index contributed by atoms with van der Waals surface area (Å²) in [5.74, 6) is -1.07. The molecular weight excluding hydrogens is 378 g/mol. The summed E-state index contributed by atoms with van der Waals surface area (Å²) in [5.41, 5.74) is 3.55. The SMILES string of the molecule is CCN(CC)CCN(C(=O)CN1C(=O)c2ccccc2C1=O)c1c(C)cccc1C.